The Balaban J connectivity index is 1.79. The summed E-state index contributed by atoms with van der Waals surface area (Å²) in [5.74, 6) is -1.83. The van der Waals surface area contributed by atoms with E-state index in [0.29, 0.717) is 26.2 Å². The molecule has 1 N–H and O–H groups in total. The molecule has 2 fully saturated rings. The normalized spacial score (nSPS) is 22.1. The van der Waals surface area contributed by atoms with Crippen molar-refractivity contribution in [1.82, 2.24) is 9.21 Å². The summed E-state index contributed by atoms with van der Waals surface area (Å²) < 4.78 is 31.9. The third-order valence-corrected chi connectivity index (χ3v) is 6.41. The molecule has 1 atom stereocenters. The maximum atomic E-state index is 12.7. The number of carboxylic acid groups (broad SMARTS) is 1. The number of hydrogen-bond donors (Lipinski definition) is 1. The Morgan fingerprint density at radius 2 is 1.88 bits per heavy atom. The van der Waals surface area contributed by atoms with Crippen molar-refractivity contribution in [2.75, 3.05) is 39.4 Å². The SMILES string of the molecule is O=C(O)C1CCN(C(=O)c2cccc(S(=O)(=O)N3CCOCC3)c2)C1. The number of ether oxygens (including phenoxy) is 1. The molecule has 1 aromatic carbocycles. The van der Waals surface area contributed by atoms with Gasteiger partial charge in [-0.25, -0.2) is 8.42 Å². The van der Waals surface area contributed by atoms with Crippen molar-refractivity contribution >= 4 is 21.9 Å². The molecule has 136 valence electrons. The Morgan fingerprint density at radius 3 is 2.52 bits per heavy atom. The number of nitrogens with zero attached hydrogens (tertiary/aromatic N) is 2. The van der Waals surface area contributed by atoms with Gasteiger partial charge in [0.25, 0.3) is 5.91 Å². The molecule has 0 spiro atoms. The van der Waals surface area contributed by atoms with Gasteiger partial charge in [0.15, 0.2) is 0 Å². The Labute approximate surface area is 146 Å². The largest absolute Gasteiger partial charge is 0.481 e. The van der Waals surface area contributed by atoms with Gasteiger partial charge in [-0.2, -0.15) is 4.31 Å². The van der Waals surface area contributed by atoms with Crippen LogP contribution in [0, 0.1) is 5.92 Å². The Bertz CT molecular complexity index is 773. The van der Waals surface area contributed by atoms with Crippen molar-refractivity contribution in [3.63, 3.8) is 0 Å². The average molecular weight is 368 g/mol. The maximum absolute atomic E-state index is 12.7. The van der Waals surface area contributed by atoms with Crippen molar-refractivity contribution in [2.45, 2.75) is 11.3 Å². The highest BCUT2D eigenvalue weighted by atomic mass is 32.2. The Hall–Kier alpha value is -1.97. The van der Waals surface area contributed by atoms with E-state index in [1.807, 2.05) is 0 Å². The summed E-state index contributed by atoms with van der Waals surface area (Å²) in [6.45, 7) is 1.77. The monoisotopic (exact) mass is 368 g/mol. The lowest BCUT2D eigenvalue weighted by molar-refractivity contribution is -0.141. The third-order valence-electron chi connectivity index (χ3n) is 4.51. The lowest BCUT2D eigenvalue weighted by Crippen LogP contribution is -2.40. The molecule has 2 saturated heterocycles. The number of morpholine rings is 1. The van der Waals surface area contributed by atoms with Gasteiger partial charge in [-0.3, -0.25) is 9.59 Å². The second kappa shape index (κ2) is 7.11. The molecule has 0 aliphatic carbocycles. The molecule has 3 rings (SSSR count). The first kappa shape index (κ1) is 17.8. The first-order valence-corrected chi connectivity index (χ1v) is 9.53. The van der Waals surface area contributed by atoms with Gasteiger partial charge >= 0.3 is 5.97 Å². The fraction of sp³-hybridized carbons (Fsp3) is 0.500. The van der Waals surface area contributed by atoms with E-state index in [1.165, 1.54) is 27.4 Å². The zero-order valence-electron chi connectivity index (χ0n) is 13.6. The van der Waals surface area contributed by atoms with Gasteiger partial charge in [0.05, 0.1) is 24.0 Å². The first-order valence-electron chi connectivity index (χ1n) is 8.09. The van der Waals surface area contributed by atoms with Crippen LogP contribution in [-0.4, -0.2) is 74.0 Å². The second-order valence-corrected chi connectivity index (χ2v) is 8.06. The molecule has 1 unspecified atom stereocenters. The van der Waals surface area contributed by atoms with Gasteiger partial charge in [0.1, 0.15) is 0 Å². The minimum absolute atomic E-state index is 0.0641. The summed E-state index contributed by atoms with van der Waals surface area (Å²) in [6.07, 6.45) is 0.410. The highest BCUT2D eigenvalue weighted by molar-refractivity contribution is 7.89. The van der Waals surface area contributed by atoms with Crippen molar-refractivity contribution in [3.05, 3.63) is 29.8 Å². The summed E-state index contributed by atoms with van der Waals surface area (Å²) >= 11 is 0. The maximum Gasteiger partial charge on any atom is 0.308 e. The molecule has 8 nitrogen and oxygen atoms in total. The molecule has 2 aliphatic heterocycles. The van der Waals surface area contributed by atoms with Crippen LogP contribution in [0.1, 0.15) is 16.8 Å². The van der Waals surface area contributed by atoms with Crippen molar-refractivity contribution < 1.29 is 27.9 Å². The summed E-state index contributed by atoms with van der Waals surface area (Å²) in [5, 5.41) is 9.05. The standard InChI is InChI=1S/C16H20N2O6S/c19-15(17-5-4-13(11-17)16(20)21)12-2-1-3-14(10-12)25(22,23)18-6-8-24-9-7-18/h1-3,10,13H,4-9,11H2,(H,20,21). The average Bonchev–Trinajstić information content (AvgIpc) is 3.12. The number of sulfonamides is 1. The molecular formula is C16H20N2O6S. The number of rotatable bonds is 4. The summed E-state index contributed by atoms with van der Waals surface area (Å²) in [5.41, 5.74) is 0.250. The topological polar surface area (TPSA) is 104 Å². The van der Waals surface area contributed by atoms with E-state index in [9.17, 15) is 18.0 Å². The number of hydrogen-bond acceptors (Lipinski definition) is 5. The van der Waals surface area contributed by atoms with Gasteiger partial charge in [-0.1, -0.05) is 6.07 Å². The molecular weight excluding hydrogens is 348 g/mol. The fourth-order valence-electron chi connectivity index (χ4n) is 3.05. The lowest BCUT2D eigenvalue weighted by atomic mass is 10.1. The number of carbonyl (C=O) groups is 2. The number of aliphatic carboxylic acids is 1. The van der Waals surface area contributed by atoms with Crippen LogP contribution in [0.4, 0.5) is 0 Å². The van der Waals surface area contributed by atoms with Crippen LogP contribution in [0.15, 0.2) is 29.2 Å². The molecule has 0 radical (unpaired) electrons. The smallest absolute Gasteiger partial charge is 0.308 e. The first-order chi connectivity index (χ1) is 11.9. The summed E-state index contributed by atoms with van der Waals surface area (Å²) in [6, 6.07) is 5.91. The van der Waals surface area contributed by atoms with Crippen molar-refractivity contribution in [3.8, 4) is 0 Å². The number of benzene rings is 1. The van der Waals surface area contributed by atoms with Crippen LogP contribution in [0.5, 0.6) is 0 Å². The number of likely N-dealkylation sites (tertiary alicyclic amines) is 1. The van der Waals surface area contributed by atoms with Crippen molar-refractivity contribution in [1.29, 1.82) is 0 Å². The van der Waals surface area contributed by atoms with E-state index < -0.39 is 21.9 Å². The quantitative estimate of drug-likeness (QED) is 0.817. The number of carboxylic acids is 1. The van der Waals surface area contributed by atoms with Gasteiger partial charge in [-0.15, -0.1) is 0 Å². The van der Waals surface area contributed by atoms with Crippen LogP contribution in [0.25, 0.3) is 0 Å². The van der Waals surface area contributed by atoms with Crippen molar-refractivity contribution in [2.24, 2.45) is 5.92 Å². The minimum Gasteiger partial charge on any atom is -0.481 e. The molecule has 2 aliphatic rings. The van der Waals surface area contributed by atoms with Gasteiger partial charge < -0.3 is 14.7 Å². The molecule has 25 heavy (non-hydrogen) atoms. The molecule has 1 aromatic rings. The van der Waals surface area contributed by atoms with E-state index in [4.69, 9.17) is 9.84 Å². The highest BCUT2D eigenvalue weighted by Gasteiger charge is 2.32. The van der Waals surface area contributed by atoms with Crippen LogP contribution in [0.2, 0.25) is 0 Å². The molecule has 2 heterocycles. The second-order valence-electron chi connectivity index (χ2n) is 6.12. The van der Waals surface area contributed by atoms with Gasteiger partial charge in [0.2, 0.25) is 10.0 Å². The van der Waals surface area contributed by atoms with Gasteiger partial charge in [0, 0.05) is 31.7 Å². The van der Waals surface area contributed by atoms with Crippen LogP contribution in [-0.2, 0) is 19.6 Å². The zero-order valence-corrected chi connectivity index (χ0v) is 14.4. The number of amides is 1. The minimum atomic E-state index is -3.68. The van der Waals surface area contributed by atoms with E-state index in [-0.39, 0.29) is 36.0 Å². The summed E-state index contributed by atoms with van der Waals surface area (Å²) in [4.78, 5) is 25.1. The van der Waals surface area contributed by atoms with E-state index in [2.05, 4.69) is 0 Å². The predicted octanol–water partition coefficient (Wildman–Crippen LogP) is 0.254. The van der Waals surface area contributed by atoms with E-state index >= 15 is 0 Å². The third kappa shape index (κ3) is 3.68. The summed E-state index contributed by atoms with van der Waals surface area (Å²) in [7, 11) is -3.68. The molecule has 0 aromatic heterocycles. The van der Waals surface area contributed by atoms with Crippen LogP contribution < -0.4 is 0 Å². The highest BCUT2D eigenvalue weighted by Crippen LogP contribution is 2.22. The van der Waals surface area contributed by atoms with E-state index in [0.717, 1.165) is 0 Å². The van der Waals surface area contributed by atoms with Crippen LogP contribution in [0.3, 0.4) is 0 Å². The Morgan fingerprint density at radius 1 is 1.16 bits per heavy atom. The Kier molecular flexibility index (Phi) is 5.07. The number of carbonyl (C=O) groups excluding carboxylic acids is 1. The molecule has 9 heteroatoms. The fourth-order valence-corrected chi connectivity index (χ4v) is 4.51. The van der Waals surface area contributed by atoms with Gasteiger partial charge in [-0.05, 0) is 24.6 Å². The molecule has 0 bridgehead atoms. The molecule has 0 saturated carbocycles. The zero-order chi connectivity index (χ0) is 18.0. The molecule has 1 amide bonds. The van der Waals surface area contributed by atoms with Crippen LogP contribution >= 0.6 is 0 Å². The predicted molar refractivity (Wildman–Crippen MR) is 87.7 cm³/mol. The van der Waals surface area contributed by atoms with E-state index in [1.54, 1.807) is 6.07 Å². The lowest BCUT2D eigenvalue weighted by Gasteiger charge is -2.26.